The highest BCUT2D eigenvalue weighted by Crippen LogP contribution is 2.12. The Morgan fingerprint density at radius 2 is 2.44 bits per heavy atom. The maximum absolute atomic E-state index is 11.6. The molecule has 0 aliphatic rings. The smallest absolute Gasteiger partial charge is 0.253 e. The second kappa shape index (κ2) is 5.18. The summed E-state index contributed by atoms with van der Waals surface area (Å²) in [6.07, 6.45) is 2.41. The number of amides is 1. The zero-order valence-corrected chi connectivity index (χ0v) is 10.4. The Labute approximate surface area is 102 Å². The summed E-state index contributed by atoms with van der Waals surface area (Å²) >= 11 is 2.91. The van der Waals surface area contributed by atoms with Gasteiger partial charge in [-0.05, 0) is 18.5 Å². The summed E-state index contributed by atoms with van der Waals surface area (Å²) in [6.45, 7) is 2.62. The molecule has 16 heavy (non-hydrogen) atoms. The number of thiazole rings is 1. The SMILES string of the molecule is Cc1ncsc1CCNC(=O)c1cnsc1. The van der Waals surface area contributed by atoms with Gasteiger partial charge >= 0.3 is 0 Å². The average molecular weight is 253 g/mol. The van der Waals surface area contributed by atoms with Crippen LogP contribution in [-0.2, 0) is 6.42 Å². The standard InChI is InChI=1S/C10H11N3OS2/c1-7-9(15-6-12-7)2-3-11-10(14)8-4-13-16-5-8/h4-6H,2-3H2,1H3,(H,11,14). The van der Waals surface area contributed by atoms with E-state index in [1.54, 1.807) is 22.9 Å². The first-order chi connectivity index (χ1) is 7.77. The Morgan fingerprint density at radius 1 is 1.56 bits per heavy atom. The number of nitrogens with one attached hydrogen (secondary N) is 1. The summed E-state index contributed by atoms with van der Waals surface area (Å²) in [5.41, 5.74) is 3.51. The van der Waals surface area contributed by atoms with Crippen LogP contribution in [0.3, 0.4) is 0 Å². The molecular weight excluding hydrogens is 242 g/mol. The van der Waals surface area contributed by atoms with E-state index < -0.39 is 0 Å². The van der Waals surface area contributed by atoms with Gasteiger partial charge in [0.1, 0.15) is 0 Å². The molecule has 0 atom stereocenters. The molecule has 0 fully saturated rings. The number of aromatic nitrogens is 2. The first-order valence-corrected chi connectivity index (χ1v) is 6.55. The number of carbonyl (C=O) groups is 1. The predicted octanol–water partition coefficient (Wildman–Crippen LogP) is 1.88. The number of carbonyl (C=O) groups excluding carboxylic acids is 1. The van der Waals surface area contributed by atoms with Gasteiger partial charge in [-0.15, -0.1) is 11.3 Å². The highest BCUT2D eigenvalue weighted by Gasteiger charge is 2.06. The van der Waals surface area contributed by atoms with Gasteiger partial charge in [-0.25, -0.2) is 9.36 Å². The summed E-state index contributed by atoms with van der Waals surface area (Å²) < 4.78 is 3.89. The van der Waals surface area contributed by atoms with Gasteiger partial charge in [0.15, 0.2) is 0 Å². The van der Waals surface area contributed by atoms with Crippen LogP contribution >= 0.6 is 22.9 Å². The molecular formula is C10H11N3OS2. The number of hydrogen-bond acceptors (Lipinski definition) is 5. The fourth-order valence-corrected chi connectivity index (χ4v) is 2.57. The topological polar surface area (TPSA) is 54.9 Å². The zero-order valence-electron chi connectivity index (χ0n) is 8.77. The second-order valence-electron chi connectivity index (χ2n) is 3.28. The van der Waals surface area contributed by atoms with Crippen molar-refractivity contribution in [2.75, 3.05) is 6.54 Å². The molecule has 2 aromatic rings. The molecule has 1 N–H and O–H groups in total. The molecule has 0 saturated carbocycles. The van der Waals surface area contributed by atoms with E-state index in [0.717, 1.165) is 12.1 Å². The molecule has 4 nitrogen and oxygen atoms in total. The molecule has 0 radical (unpaired) electrons. The van der Waals surface area contributed by atoms with Gasteiger partial charge < -0.3 is 5.32 Å². The summed E-state index contributed by atoms with van der Waals surface area (Å²) in [4.78, 5) is 16.9. The van der Waals surface area contributed by atoms with Crippen LogP contribution in [0.1, 0.15) is 20.9 Å². The van der Waals surface area contributed by atoms with Crippen LogP contribution < -0.4 is 5.32 Å². The monoisotopic (exact) mass is 253 g/mol. The number of aryl methyl sites for hydroxylation is 1. The summed E-state index contributed by atoms with van der Waals surface area (Å²) in [5.74, 6) is -0.0593. The molecule has 0 aromatic carbocycles. The van der Waals surface area contributed by atoms with Crippen molar-refractivity contribution in [3.05, 3.63) is 33.2 Å². The predicted molar refractivity (Wildman–Crippen MR) is 65.0 cm³/mol. The van der Waals surface area contributed by atoms with Crippen molar-refractivity contribution in [3.63, 3.8) is 0 Å². The van der Waals surface area contributed by atoms with Crippen LogP contribution in [0.2, 0.25) is 0 Å². The lowest BCUT2D eigenvalue weighted by Crippen LogP contribution is -2.25. The van der Waals surface area contributed by atoms with Crippen LogP contribution in [-0.4, -0.2) is 21.8 Å². The largest absolute Gasteiger partial charge is 0.352 e. The van der Waals surface area contributed by atoms with Crippen molar-refractivity contribution in [1.82, 2.24) is 14.7 Å². The summed E-state index contributed by atoms with van der Waals surface area (Å²) in [6, 6.07) is 0. The number of hydrogen-bond donors (Lipinski definition) is 1. The van der Waals surface area contributed by atoms with E-state index in [0.29, 0.717) is 12.1 Å². The van der Waals surface area contributed by atoms with E-state index in [-0.39, 0.29) is 5.91 Å². The molecule has 6 heteroatoms. The van der Waals surface area contributed by atoms with Crippen LogP contribution in [0.25, 0.3) is 0 Å². The molecule has 0 aliphatic carbocycles. The van der Waals surface area contributed by atoms with Crippen molar-refractivity contribution in [2.24, 2.45) is 0 Å². The first kappa shape index (κ1) is 11.2. The Morgan fingerprint density at radius 3 is 3.06 bits per heavy atom. The molecule has 2 rings (SSSR count). The van der Waals surface area contributed by atoms with Crippen molar-refractivity contribution in [1.29, 1.82) is 0 Å². The Bertz CT molecular complexity index is 464. The molecule has 2 heterocycles. The van der Waals surface area contributed by atoms with Gasteiger partial charge in [-0.3, -0.25) is 4.79 Å². The normalized spacial score (nSPS) is 10.3. The maximum atomic E-state index is 11.6. The average Bonchev–Trinajstić information content (AvgIpc) is 2.90. The third kappa shape index (κ3) is 2.65. The van der Waals surface area contributed by atoms with Crippen LogP contribution in [0, 0.1) is 6.92 Å². The van der Waals surface area contributed by atoms with Gasteiger partial charge in [0, 0.05) is 23.2 Å². The minimum absolute atomic E-state index is 0.0593. The van der Waals surface area contributed by atoms with Crippen molar-refractivity contribution < 1.29 is 4.79 Å². The fraction of sp³-hybridized carbons (Fsp3) is 0.300. The van der Waals surface area contributed by atoms with Crippen LogP contribution in [0.15, 0.2) is 17.1 Å². The van der Waals surface area contributed by atoms with E-state index in [1.165, 1.54) is 16.4 Å². The Kier molecular flexibility index (Phi) is 3.63. The quantitative estimate of drug-likeness (QED) is 0.905. The minimum Gasteiger partial charge on any atom is -0.352 e. The zero-order chi connectivity index (χ0) is 11.4. The van der Waals surface area contributed by atoms with Crippen molar-refractivity contribution >= 4 is 28.8 Å². The fourth-order valence-electron chi connectivity index (χ4n) is 1.27. The highest BCUT2D eigenvalue weighted by atomic mass is 32.1. The van der Waals surface area contributed by atoms with Crippen molar-refractivity contribution in [2.45, 2.75) is 13.3 Å². The third-order valence-electron chi connectivity index (χ3n) is 2.18. The highest BCUT2D eigenvalue weighted by molar-refractivity contribution is 7.09. The van der Waals surface area contributed by atoms with E-state index >= 15 is 0 Å². The van der Waals surface area contributed by atoms with Gasteiger partial charge in [-0.1, -0.05) is 0 Å². The van der Waals surface area contributed by atoms with E-state index in [1.807, 2.05) is 12.4 Å². The number of rotatable bonds is 4. The number of nitrogens with zero attached hydrogens (tertiary/aromatic N) is 2. The molecule has 0 bridgehead atoms. The van der Waals surface area contributed by atoms with Gasteiger partial charge in [0.2, 0.25) is 0 Å². The van der Waals surface area contributed by atoms with E-state index in [4.69, 9.17) is 0 Å². The van der Waals surface area contributed by atoms with Crippen LogP contribution in [0.5, 0.6) is 0 Å². The van der Waals surface area contributed by atoms with Gasteiger partial charge in [0.25, 0.3) is 5.91 Å². The Hall–Kier alpha value is -1.27. The first-order valence-electron chi connectivity index (χ1n) is 4.84. The molecule has 0 spiro atoms. The molecule has 1 amide bonds. The molecule has 84 valence electrons. The van der Waals surface area contributed by atoms with E-state index in [2.05, 4.69) is 14.7 Å². The van der Waals surface area contributed by atoms with Crippen LogP contribution in [0.4, 0.5) is 0 Å². The maximum Gasteiger partial charge on any atom is 0.253 e. The third-order valence-corrected chi connectivity index (χ3v) is 3.76. The lowest BCUT2D eigenvalue weighted by atomic mass is 10.3. The Balaban J connectivity index is 1.81. The van der Waals surface area contributed by atoms with Gasteiger partial charge in [-0.2, -0.15) is 0 Å². The molecule has 2 aromatic heterocycles. The molecule has 0 saturated heterocycles. The molecule has 0 unspecified atom stereocenters. The lowest BCUT2D eigenvalue weighted by molar-refractivity contribution is 0.0954. The van der Waals surface area contributed by atoms with E-state index in [9.17, 15) is 4.79 Å². The lowest BCUT2D eigenvalue weighted by Gasteiger charge is -2.02. The summed E-state index contributed by atoms with van der Waals surface area (Å²) in [5, 5.41) is 4.60. The minimum atomic E-state index is -0.0593. The van der Waals surface area contributed by atoms with Crippen molar-refractivity contribution in [3.8, 4) is 0 Å². The second-order valence-corrected chi connectivity index (χ2v) is 4.88. The summed E-state index contributed by atoms with van der Waals surface area (Å²) in [7, 11) is 0. The van der Waals surface area contributed by atoms with Gasteiger partial charge in [0.05, 0.1) is 23.0 Å². The molecule has 0 aliphatic heterocycles.